The largest absolute Gasteiger partial charge is 0.493 e. The summed E-state index contributed by atoms with van der Waals surface area (Å²) in [4.78, 5) is 12.1. The second kappa shape index (κ2) is 16.5. The summed E-state index contributed by atoms with van der Waals surface area (Å²) in [6.07, 6.45) is 6.06. The second-order valence-corrected chi connectivity index (χ2v) is 12.6. The van der Waals surface area contributed by atoms with Gasteiger partial charge >= 0.3 is 0 Å². The molecule has 1 aliphatic rings. The van der Waals surface area contributed by atoms with E-state index in [-0.39, 0.29) is 32.2 Å². The molecule has 0 saturated carbocycles. The molecule has 1 aromatic heterocycles. The van der Waals surface area contributed by atoms with Crippen molar-refractivity contribution in [1.29, 1.82) is 0 Å². The Bertz CT molecular complexity index is 1240. The molecule has 210 valence electrons. The number of fused-ring (bicyclic) bond motifs is 1. The number of amides is 1. The molecule has 4 rings (SSSR count). The lowest BCUT2D eigenvalue weighted by atomic mass is 10.0. The topological polar surface area (TPSA) is 72.5 Å². The summed E-state index contributed by atoms with van der Waals surface area (Å²) in [5.74, 6) is 0.939. The lowest BCUT2D eigenvalue weighted by Crippen LogP contribution is -2.15. The van der Waals surface area contributed by atoms with E-state index in [9.17, 15) is 17.6 Å². The molecule has 0 saturated heterocycles. The van der Waals surface area contributed by atoms with Crippen LogP contribution in [-0.4, -0.2) is 27.2 Å². The van der Waals surface area contributed by atoms with Crippen LogP contribution < -0.4 is 10.1 Å². The highest BCUT2D eigenvalue weighted by atomic mass is 35.5. The predicted molar refractivity (Wildman–Crippen MR) is 158 cm³/mol. The Balaban J connectivity index is 0.000000468. The van der Waals surface area contributed by atoms with Gasteiger partial charge in [-0.25, -0.2) is 12.8 Å². The minimum Gasteiger partial charge on any atom is -0.493 e. The zero-order valence-corrected chi connectivity index (χ0v) is 24.1. The first kappa shape index (κ1) is 33.6. The zero-order chi connectivity index (χ0) is 27.4. The summed E-state index contributed by atoms with van der Waals surface area (Å²) < 4.78 is 40.7. The maximum absolute atomic E-state index is 12.8. The molecule has 1 unspecified atom stereocenters. The average molecular weight is 584 g/mol. The Morgan fingerprint density at radius 2 is 1.68 bits per heavy atom. The Morgan fingerprint density at radius 1 is 1.05 bits per heavy atom. The Kier molecular flexibility index (Phi) is 14.6. The number of halogens is 2. The van der Waals surface area contributed by atoms with Crippen LogP contribution in [0.5, 0.6) is 5.75 Å². The fourth-order valence-corrected chi connectivity index (χ4v) is 5.75. The lowest BCUT2D eigenvalue weighted by molar-refractivity contribution is -0.116. The van der Waals surface area contributed by atoms with Crippen molar-refractivity contribution in [2.45, 2.75) is 64.5 Å². The molecule has 0 radical (unpaired) electrons. The van der Waals surface area contributed by atoms with E-state index in [1.54, 1.807) is 18.2 Å². The highest BCUT2D eigenvalue weighted by Gasteiger charge is 2.14. The normalized spacial score (nSPS) is 14.2. The highest BCUT2D eigenvalue weighted by Crippen LogP contribution is 2.27. The van der Waals surface area contributed by atoms with Gasteiger partial charge in [0.1, 0.15) is 15.8 Å². The predicted octanol–water partition coefficient (Wildman–Crippen LogP) is 8.22. The smallest absolute Gasteiger partial charge is 0.227 e. The number of rotatable bonds is 6. The van der Waals surface area contributed by atoms with Gasteiger partial charge in [0.15, 0.2) is 9.84 Å². The van der Waals surface area contributed by atoms with Gasteiger partial charge in [0, 0.05) is 11.9 Å². The molecule has 1 atom stereocenters. The van der Waals surface area contributed by atoms with Crippen LogP contribution in [0.2, 0.25) is 4.34 Å². The summed E-state index contributed by atoms with van der Waals surface area (Å²) >= 11 is 6.59. The van der Waals surface area contributed by atoms with Crippen LogP contribution in [0.1, 0.15) is 58.6 Å². The molecule has 1 aliphatic carbocycles. The SMILES string of the molecule is C.CC.CC1CCc2ccc(NC(=O)CCOc3ccc(F)cc3)cc2CC1.CS(=O)(=O)c1ccc(Cl)s1. The molecule has 1 amide bonds. The Labute approximate surface area is 236 Å². The number of sulfone groups is 1. The molecular formula is C29H39ClFNO4S2. The lowest BCUT2D eigenvalue weighted by Gasteiger charge is -2.11. The van der Waals surface area contributed by atoms with Gasteiger partial charge < -0.3 is 10.1 Å². The maximum Gasteiger partial charge on any atom is 0.227 e. The maximum atomic E-state index is 12.8. The van der Waals surface area contributed by atoms with E-state index in [4.69, 9.17) is 16.3 Å². The van der Waals surface area contributed by atoms with Crippen molar-refractivity contribution < 1.29 is 22.3 Å². The first-order chi connectivity index (χ1) is 17.6. The summed E-state index contributed by atoms with van der Waals surface area (Å²) in [7, 11) is -3.05. The second-order valence-electron chi connectivity index (χ2n) is 8.60. The third-order valence-electron chi connectivity index (χ3n) is 5.63. The van der Waals surface area contributed by atoms with Gasteiger partial charge in [-0.2, -0.15) is 0 Å². The summed E-state index contributed by atoms with van der Waals surface area (Å²) in [5, 5.41) is 2.94. The molecule has 1 N–H and O–H groups in total. The van der Waals surface area contributed by atoms with Crippen LogP contribution in [-0.2, 0) is 27.5 Å². The van der Waals surface area contributed by atoms with Crippen LogP contribution in [0.15, 0.2) is 58.8 Å². The van der Waals surface area contributed by atoms with Crippen molar-refractivity contribution in [1.82, 2.24) is 0 Å². The minimum absolute atomic E-state index is 0. The number of hydrogen-bond acceptors (Lipinski definition) is 5. The van der Waals surface area contributed by atoms with E-state index >= 15 is 0 Å². The van der Waals surface area contributed by atoms with Gasteiger partial charge in [-0.1, -0.05) is 45.9 Å². The Morgan fingerprint density at radius 3 is 2.24 bits per heavy atom. The van der Waals surface area contributed by atoms with E-state index in [1.165, 1.54) is 42.2 Å². The number of benzene rings is 2. The standard InChI is InChI=1S/C21H24FNO2.C5H5ClO2S2.C2H6.CH4/c1-15-2-4-16-6-9-19(14-17(16)5-3-15)23-21(24)12-13-25-20-10-7-18(22)8-11-20;1-10(7,8)5-3-2-4(6)9-5;1-2;/h6-11,14-15H,2-5,12-13H2,1H3,(H,23,24);2-3H,1H3;1-2H3;1H4. The molecule has 3 aromatic rings. The molecule has 38 heavy (non-hydrogen) atoms. The van der Waals surface area contributed by atoms with Crippen molar-refractivity contribution in [3.8, 4) is 5.75 Å². The molecule has 1 heterocycles. The molecule has 0 spiro atoms. The van der Waals surface area contributed by atoms with E-state index in [0.29, 0.717) is 14.3 Å². The minimum atomic E-state index is -3.05. The van der Waals surface area contributed by atoms with Crippen LogP contribution in [0.3, 0.4) is 0 Å². The molecule has 0 aliphatic heterocycles. The monoisotopic (exact) mass is 583 g/mol. The number of nitrogens with one attached hydrogen (secondary N) is 1. The van der Waals surface area contributed by atoms with Gasteiger partial charge in [-0.3, -0.25) is 4.79 Å². The van der Waals surface area contributed by atoms with Crippen molar-refractivity contribution in [3.05, 3.63) is 75.9 Å². The third-order valence-corrected chi connectivity index (χ3v) is 8.68. The van der Waals surface area contributed by atoms with E-state index in [0.717, 1.165) is 42.0 Å². The van der Waals surface area contributed by atoms with Gasteiger partial charge in [-0.05, 0) is 91.3 Å². The van der Waals surface area contributed by atoms with Gasteiger partial charge in [0.25, 0.3) is 0 Å². The van der Waals surface area contributed by atoms with Gasteiger partial charge in [-0.15, -0.1) is 11.3 Å². The molecule has 5 nitrogen and oxygen atoms in total. The number of ether oxygens (including phenoxy) is 1. The molecule has 0 bridgehead atoms. The summed E-state index contributed by atoms with van der Waals surface area (Å²) in [6, 6.07) is 15.1. The molecule has 2 aromatic carbocycles. The number of carbonyl (C=O) groups excluding carboxylic acids is 1. The fourth-order valence-electron chi connectivity index (χ4n) is 3.64. The first-order valence-corrected chi connectivity index (χ1v) is 15.4. The van der Waals surface area contributed by atoms with Crippen molar-refractivity contribution >= 4 is 44.4 Å². The van der Waals surface area contributed by atoms with Crippen LogP contribution in [0.25, 0.3) is 0 Å². The third kappa shape index (κ3) is 11.5. The number of hydrogen-bond donors (Lipinski definition) is 1. The van der Waals surface area contributed by atoms with Crippen molar-refractivity contribution in [3.63, 3.8) is 0 Å². The number of anilines is 1. The number of carbonyl (C=O) groups is 1. The van der Waals surface area contributed by atoms with Gasteiger partial charge in [0.05, 0.1) is 17.4 Å². The van der Waals surface area contributed by atoms with Gasteiger partial charge in [0.2, 0.25) is 5.91 Å². The zero-order valence-electron chi connectivity index (χ0n) is 21.7. The summed E-state index contributed by atoms with van der Waals surface area (Å²) in [6.45, 7) is 6.57. The fraction of sp³-hybridized carbons (Fsp3) is 0.414. The average Bonchev–Trinajstić information content (AvgIpc) is 3.23. The van der Waals surface area contributed by atoms with Crippen LogP contribution in [0.4, 0.5) is 10.1 Å². The van der Waals surface area contributed by atoms with E-state index in [1.807, 2.05) is 19.9 Å². The molecular weight excluding hydrogens is 545 g/mol. The number of thiophene rings is 1. The number of aryl methyl sites for hydroxylation is 2. The van der Waals surface area contributed by atoms with E-state index < -0.39 is 9.84 Å². The quantitative estimate of drug-likeness (QED) is 0.297. The molecule has 0 fully saturated rings. The first-order valence-electron chi connectivity index (χ1n) is 12.4. The van der Waals surface area contributed by atoms with Crippen LogP contribution in [0, 0.1) is 11.7 Å². The van der Waals surface area contributed by atoms with Crippen molar-refractivity contribution in [2.24, 2.45) is 5.92 Å². The van der Waals surface area contributed by atoms with Crippen LogP contribution >= 0.6 is 22.9 Å². The highest BCUT2D eigenvalue weighted by molar-refractivity contribution is 7.92. The van der Waals surface area contributed by atoms with Crippen molar-refractivity contribution in [2.75, 3.05) is 18.2 Å². The van der Waals surface area contributed by atoms with E-state index in [2.05, 4.69) is 24.4 Å². The summed E-state index contributed by atoms with van der Waals surface area (Å²) in [5.41, 5.74) is 3.60. The molecule has 9 heteroatoms. The Hall–Kier alpha value is -2.42.